The van der Waals surface area contributed by atoms with Gasteiger partial charge >= 0.3 is 0 Å². The molecule has 6 nitrogen and oxygen atoms in total. The van der Waals surface area contributed by atoms with Crippen LogP contribution in [-0.2, 0) is 9.53 Å². The number of carbonyl (C=O) groups excluding carboxylic acids is 1. The summed E-state index contributed by atoms with van der Waals surface area (Å²) in [5, 5.41) is 0.174. The molecule has 1 atom stereocenters. The number of thioether (sulfide) groups is 1. The number of ether oxygens (including phenoxy) is 1. The number of hydrogen-bond donors (Lipinski definition) is 0. The van der Waals surface area contributed by atoms with E-state index in [-0.39, 0.29) is 5.37 Å². The number of piperazine rings is 1. The second-order valence-electron chi connectivity index (χ2n) is 9.86. The largest absolute Gasteiger partial charge is 0.496 e. The first-order valence-corrected chi connectivity index (χ1v) is 14.2. The molecule has 0 radical (unpaired) electrons. The van der Waals surface area contributed by atoms with Gasteiger partial charge in [-0.15, -0.1) is 0 Å². The van der Waals surface area contributed by atoms with Crippen molar-refractivity contribution in [3.63, 3.8) is 0 Å². The number of nitrogens with zero attached hydrogens (tertiary/aromatic N) is 4. The highest BCUT2D eigenvalue weighted by Gasteiger charge is 2.37. The van der Waals surface area contributed by atoms with E-state index in [1.807, 2.05) is 25.6 Å². The molecule has 3 aliphatic heterocycles. The molecule has 7 heteroatoms. The minimum absolute atomic E-state index is 0.174. The van der Waals surface area contributed by atoms with Gasteiger partial charge in [0.25, 0.3) is 0 Å². The second-order valence-corrected chi connectivity index (χ2v) is 11.0. The maximum absolute atomic E-state index is 13.0. The topological polar surface area (TPSA) is 39.3 Å². The Kier molecular flexibility index (Phi) is 10.4. The molecule has 1 amide bonds. The van der Waals surface area contributed by atoms with Crippen molar-refractivity contribution >= 4 is 17.7 Å². The van der Waals surface area contributed by atoms with Crippen LogP contribution in [0.5, 0.6) is 0 Å². The Bertz CT molecular complexity index is 849. The van der Waals surface area contributed by atoms with Gasteiger partial charge in [0.2, 0.25) is 5.91 Å². The first-order chi connectivity index (χ1) is 16.9. The zero-order valence-corrected chi connectivity index (χ0v) is 23.6. The standard InChI is InChI=1S/C26H40N4O2S.C2H6/c1-6-23(32-5)21(16-19(2)3)26-27(4)22-10-11-28(17-24(22)33-26)18-25(31)30-14-12-29(13-15-30)20-8-7-9-20;1-2/h6,16,20,26H,1,7-15,17-18H2,2-5H3;1-2H3/b23-21-;. The third-order valence-electron chi connectivity index (χ3n) is 7.40. The number of hydrogen-bond acceptors (Lipinski definition) is 6. The van der Waals surface area contributed by atoms with Crippen LogP contribution >= 0.6 is 11.8 Å². The normalized spacial score (nSPS) is 24.1. The summed E-state index contributed by atoms with van der Waals surface area (Å²) in [7, 11) is 3.89. The summed E-state index contributed by atoms with van der Waals surface area (Å²) in [5.41, 5.74) is 3.80. The molecule has 4 rings (SSSR count). The van der Waals surface area contributed by atoms with Gasteiger partial charge in [0, 0.05) is 75.0 Å². The van der Waals surface area contributed by atoms with E-state index < -0.39 is 0 Å². The summed E-state index contributed by atoms with van der Waals surface area (Å²) >= 11 is 1.89. The third-order valence-corrected chi connectivity index (χ3v) is 8.84. The van der Waals surface area contributed by atoms with Gasteiger partial charge in [-0.1, -0.05) is 50.3 Å². The van der Waals surface area contributed by atoms with Crippen molar-refractivity contribution in [3.05, 3.63) is 46.2 Å². The monoisotopic (exact) mass is 502 g/mol. The first-order valence-electron chi connectivity index (χ1n) is 13.3. The van der Waals surface area contributed by atoms with Gasteiger partial charge in [0.05, 0.1) is 13.7 Å². The van der Waals surface area contributed by atoms with Crippen LogP contribution in [0.4, 0.5) is 0 Å². The number of methoxy groups -OCH3 is 1. The number of allylic oxidation sites excluding steroid dienone is 2. The molecule has 1 saturated carbocycles. The summed E-state index contributed by atoms with van der Waals surface area (Å²) in [5.74, 6) is 1.12. The first kappa shape index (κ1) is 27.9. The molecule has 1 saturated heterocycles. The van der Waals surface area contributed by atoms with E-state index in [4.69, 9.17) is 4.74 Å². The zero-order valence-electron chi connectivity index (χ0n) is 22.8. The SMILES string of the molecule is C=C/C(OC)=C(\C=C(C)C)C1SC2=C(CCN(CC(=O)N3CCN(C4CCC4)CC3)C2)N1C.CC. The number of rotatable bonds is 7. The summed E-state index contributed by atoms with van der Waals surface area (Å²) in [4.78, 5) is 23.8. The van der Waals surface area contributed by atoms with Crippen molar-refractivity contribution < 1.29 is 9.53 Å². The zero-order chi connectivity index (χ0) is 25.5. The highest BCUT2D eigenvalue weighted by molar-refractivity contribution is 8.04. The Morgan fingerprint density at radius 3 is 2.37 bits per heavy atom. The maximum Gasteiger partial charge on any atom is 0.236 e. The molecular formula is C28H46N4O2S. The summed E-state index contributed by atoms with van der Waals surface area (Å²) in [6.45, 7) is 18.3. The molecule has 35 heavy (non-hydrogen) atoms. The lowest BCUT2D eigenvalue weighted by atomic mass is 9.91. The molecule has 0 bridgehead atoms. The molecule has 4 aliphatic rings. The van der Waals surface area contributed by atoms with Crippen molar-refractivity contribution in [1.82, 2.24) is 19.6 Å². The van der Waals surface area contributed by atoms with Gasteiger partial charge < -0.3 is 14.5 Å². The minimum atomic E-state index is 0.174. The van der Waals surface area contributed by atoms with Crippen LogP contribution < -0.4 is 0 Å². The average molecular weight is 503 g/mol. The summed E-state index contributed by atoms with van der Waals surface area (Å²) in [6.07, 6.45) is 9.05. The van der Waals surface area contributed by atoms with E-state index in [1.165, 1.54) is 35.4 Å². The quantitative estimate of drug-likeness (QED) is 0.372. The van der Waals surface area contributed by atoms with Gasteiger partial charge in [-0.3, -0.25) is 14.6 Å². The molecule has 0 aromatic carbocycles. The fourth-order valence-electron chi connectivity index (χ4n) is 5.29. The Morgan fingerprint density at radius 1 is 1.14 bits per heavy atom. The fraction of sp³-hybridized carbons (Fsp3) is 0.679. The molecular weight excluding hydrogens is 456 g/mol. The van der Waals surface area contributed by atoms with Gasteiger partial charge in [0.15, 0.2) is 0 Å². The van der Waals surface area contributed by atoms with Crippen LogP contribution in [0.15, 0.2) is 46.2 Å². The molecule has 2 fully saturated rings. The molecule has 0 aromatic rings. The lowest BCUT2D eigenvalue weighted by molar-refractivity contribution is -0.134. The highest BCUT2D eigenvalue weighted by atomic mass is 32.2. The smallest absolute Gasteiger partial charge is 0.236 e. The van der Waals surface area contributed by atoms with E-state index in [1.54, 1.807) is 13.2 Å². The Labute approximate surface area is 217 Å². The van der Waals surface area contributed by atoms with E-state index in [2.05, 4.69) is 53.1 Å². The number of carbonyl (C=O) groups is 1. The van der Waals surface area contributed by atoms with Crippen LogP contribution in [0, 0.1) is 0 Å². The molecule has 1 unspecified atom stereocenters. The van der Waals surface area contributed by atoms with E-state index >= 15 is 0 Å². The third kappa shape index (κ3) is 6.55. The predicted molar refractivity (Wildman–Crippen MR) is 148 cm³/mol. The van der Waals surface area contributed by atoms with Crippen molar-refractivity contribution in [2.45, 2.75) is 64.8 Å². The van der Waals surface area contributed by atoms with Gasteiger partial charge in [-0.2, -0.15) is 0 Å². The highest BCUT2D eigenvalue weighted by Crippen LogP contribution is 2.45. The van der Waals surface area contributed by atoms with Gasteiger partial charge in [-0.05, 0) is 32.8 Å². The van der Waals surface area contributed by atoms with Crippen LogP contribution in [0.3, 0.4) is 0 Å². The predicted octanol–water partition coefficient (Wildman–Crippen LogP) is 4.68. The van der Waals surface area contributed by atoms with Crippen LogP contribution in [0.1, 0.15) is 53.4 Å². The Morgan fingerprint density at radius 2 is 1.83 bits per heavy atom. The molecule has 0 N–H and O–H groups in total. The van der Waals surface area contributed by atoms with Gasteiger partial charge in [0.1, 0.15) is 11.1 Å². The van der Waals surface area contributed by atoms with Crippen LogP contribution in [0.2, 0.25) is 0 Å². The van der Waals surface area contributed by atoms with Crippen molar-refractivity contribution in [1.29, 1.82) is 0 Å². The van der Waals surface area contributed by atoms with Gasteiger partial charge in [-0.25, -0.2) is 0 Å². The molecule has 0 aromatic heterocycles. The summed E-state index contributed by atoms with van der Waals surface area (Å²) < 4.78 is 5.65. The van der Waals surface area contributed by atoms with E-state index in [0.717, 1.165) is 63.1 Å². The maximum atomic E-state index is 13.0. The van der Waals surface area contributed by atoms with Crippen LogP contribution in [0.25, 0.3) is 0 Å². The van der Waals surface area contributed by atoms with E-state index in [9.17, 15) is 4.79 Å². The lowest BCUT2D eigenvalue weighted by Crippen LogP contribution is -2.55. The van der Waals surface area contributed by atoms with Crippen molar-refractivity contribution in [3.8, 4) is 0 Å². The van der Waals surface area contributed by atoms with Crippen LogP contribution in [-0.4, -0.2) is 96.9 Å². The Balaban J connectivity index is 0.00000167. The number of amides is 1. The second kappa shape index (κ2) is 13.0. The Hall–Kier alpha value is -1.70. The number of likely N-dealkylation sites (N-methyl/N-ethyl adjacent to an activating group) is 1. The molecule has 1 aliphatic carbocycles. The van der Waals surface area contributed by atoms with Crippen molar-refractivity contribution in [2.24, 2.45) is 0 Å². The fourth-order valence-corrected chi connectivity index (χ4v) is 6.80. The average Bonchev–Trinajstić information content (AvgIpc) is 3.15. The lowest BCUT2D eigenvalue weighted by Gasteiger charge is -2.43. The van der Waals surface area contributed by atoms with Crippen molar-refractivity contribution in [2.75, 3.05) is 60.0 Å². The molecule has 196 valence electrons. The van der Waals surface area contributed by atoms with E-state index in [0.29, 0.717) is 12.5 Å². The molecule has 0 spiro atoms. The summed E-state index contributed by atoms with van der Waals surface area (Å²) in [6, 6.07) is 0.782. The molecule has 3 heterocycles. The minimum Gasteiger partial charge on any atom is -0.496 e.